The fourth-order valence-corrected chi connectivity index (χ4v) is 1.39. The van der Waals surface area contributed by atoms with Crippen LogP contribution in [0.4, 0.5) is 0 Å². The third-order valence-electron chi connectivity index (χ3n) is 2.09. The summed E-state index contributed by atoms with van der Waals surface area (Å²) in [5.41, 5.74) is 2.30. The fraction of sp³-hybridized carbons (Fsp3) is 0.700. The Hall–Kier alpha value is -0.870. The van der Waals surface area contributed by atoms with Crippen LogP contribution in [0.1, 0.15) is 11.4 Å². The molecule has 1 heterocycles. The molecular weight excluding hydrogens is 178 g/mol. The van der Waals surface area contributed by atoms with Crippen LogP contribution in [0, 0.1) is 13.8 Å². The lowest BCUT2D eigenvalue weighted by atomic mass is 10.4. The molecule has 0 amide bonds. The molecule has 0 saturated heterocycles. The monoisotopic (exact) mass is 197 g/mol. The molecule has 0 atom stereocenters. The molecule has 80 valence electrons. The number of hydrogen-bond donors (Lipinski definition) is 1. The van der Waals surface area contributed by atoms with Gasteiger partial charge in [-0.2, -0.15) is 5.10 Å². The number of ether oxygens (including phenoxy) is 1. The van der Waals surface area contributed by atoms with Gasteiger partial charge in [-0.25, -0.2) is 0 Å². The summed E-state index contributed by atoms with van der Waals surface area (Å²) in [6, 6.07) is 2.09. The third-order valence-corrected chi connectivity index (χ3v) is 2.09. The Kier molecular flexibility index (Phi) is 4.62. The van der Waals surface area contributed by atoms with Crippen LogP contribution in [-0.4, -0.2) is 36.6 Å². The summed E-state index contributed by atoms with van der Waals surface area (Å²) < 4.78 is 6.96. The summed E-state index contributed by atoms with van der Waals surface area (Å²) in [5.74, 6) is 0. The molecular formula is C10H19N3O. The quantitative estimate of drug-likeness (QED) is 0.684. The van der Waals surface area contributed by atoms with Crippen molar-refractivity contribution in [2.24, 2.45) is 0 Å². The zero-order valence-electron chi connectivity index (χ0n) is 9.21. The lowest BCUT2D eigenvalue weighted by molar-refractivity contribution is 0.199. The largest absolute Gasteiger partial charge is 0.383 e. The first kappa shape index (κ1) is 11.2. The molecule has 1 rings (SSSR count). The highest BCUT2D eigenvalue weighted by atomic mass is 16.5. The second-order valence-electron chi connectivity index (χ2n) is 3.39. The molecule has 0 aromatic carbocycles. The predicted octanol–water partition coefficient (Wildman–Crippen LogP) is 0.736. The van der Waals surface area contributed by atoms with Crippen LogP contribution in [0.5, 0.6) is 0 Å². The van der Waals surface area contributed by atoms with E-state index in [1.54, 1.807) is 7.11 Å². The molecule has 4 heteroatoms. The van der Waals surface area contributed by atoms with Crippen molar-refractivity contribution in [1.29, 1.82) is 0 Å². The Morgan fingerprint density at radius 3 is 2.79 bits per heavy atom. The molecule has 0 fully saturated rings. The maximum atomic E-state index is 4.94. The third kappa shape index (κ3) is 3.47. The first-order valence-electron chi connectivity index (χ1n) is 4.94. The molecule has 1 aromatic heterocycles. The number of methoxy groups -OCH3 is 1. The van der Waals surface area contributed by atoms with E-state index < -0.39 is 0 Å². The Labute approximate surface area is 85.3 Å². The van der Waals surface area contributed by atoms with Gasteiger partial charge in [-0.3, -0.25) is 4.68 Å². The molecule has 0 aliphatic rings. The van der Waals surface area contributed by atoms with Crippen LogP contribution in [0.25, 0.3) is 0 Å². The first-order valence-corrected chi connectivity index (χ1v) is 4.94. The second-order valence-corrected chi connectivity index (χ2v) is 3.39. The van der Waals surface area contributed by atoms with Gasteiger partial charge < -0.3 is 10.1 Å². The van der Waals surface area contributed by atoms with Gasteiger partial charge in [0.2, 0.25) is 0 Å². The summed E-state index contributed by atoms with van der Waals surface area (Å²) in [6.07, 6.45) is 0. The van der Waals surface area contributed by atoms with E-state index in [1.165, 1.54) is 5.69 Å². The molecule has 1 N–H and O–H groups in total. The number of nitrogens with zero attached hydrogens (tertiary/aromatic N) is 2. The Morgan fingerprint density at radius 2 is 2.21 bits per heavy atom. The molecule has 0 radical (unpaired) electrons. The standard InChI is InChI=1S/C10H19N3O/c1-9-8-10(2)13(12-9)6-4-11-5-7-14-3/h8,11H,4-7H2,1-3H3. The van der Waals surface area contributed by atoms with Crippen molar-refractivity contribution in [3.05, 3.63) is 17.5 Å². The summed E-state index contributed by atoms with van der Waals surface area (Å²) >= 11 is 0. The lowest BCUT2D eigenvalue weighted by Crippen LogP contribution is -2.24. The molecule has 14 heavy (non-hydrogen) atoms. The van der Waals surface area contributed by atoms with Gasteiger partial charge in [-0.05, 0) is 19.9 Å². The highest BCUT2D eigenvalue weighted by molar-refractivity contribution is 5.06. The number of hydrogen-bond acceptors (Lipinski definition) is 3. The van der Waals surface area contributed by atoms with Gasteiger partial charge in [0.25, 0.3) is 0 Å². The van der Waals surface area contributed by atoms with Gasteiger partial charge >= 0.3 is 0 Å². The minimum Gasteiger partial charge on any atom is -0.383 e. The molecule has 0 aliphatic heterocycles. The van der Waals surface area contributed by atoms with Crippen LogP contribution in [0.3, 0.4) is 0 Å². The summed E-state index contributed by atoms with van der Waals surface area (Å²) in [7, 11) is 1.71. The van der Waals surface area contributed by atoms with E-state index in [2.05, 4.69) is 23.4 Å². The summed E-state index contributed by atoms with van der Waals surface area (Å²) in [5, 5.41) is 7.66. The van der Waals surface area contributed by atoms with Gasteiger partial charge in [0, 0.05) is 25.9 Å². The van der Waals surface area contributed by atoms with Gasteiger partial charge in [0.1, 0.15) is 0 Å². The second kappa shape index (κ2) is 5.78. The maximum Gasteiger partial charge on any atom is 0.0596 e. The topological polar surface area (TPSA) is 39.1 Å². The van der Waals surface area contributed by atoms with Crippen molar-refractivity contribution in [1.82, 2.24) is 15.1 Å². The van der Waals surface area contributed by atoms with E-state index in [4.69, 9.17) is 4.74 Å². The van der Waals surface area contributed by atoms with E-state index in [-0.39, 0.29) is 0 Å². The van der Waals surface area contributed by atoms with E-state index in [0.29, 0.717) is 0 Å². The molecule has 1 aromatic rings. The fourth-order valence-electron chi connectivity index (χ4n) is 1.39. The van der Waals surface area contributed by atoms with E-state index in [0.717, 1.165) is 31.9 Å². The van der Waals surface area contributed by atoms with Crippen molar-refractivity contribution >= 4 is 0 Å². The molecule has 0 saturated carbocycles. The van der Waals surface area contributed by atoms with Crippen LogP contribution < -0.4 is 5.32 Å². The van der Waals surface area contributed by atoms with Crippen LogP contribution in [0.2, 0.25) is 0 Å². The van der Waals surface area contributed by atoms with Crippen molar-refractivity contribution in [2.45, 2.75) is 20.4 Å². The molecule has 4 nitrogen and oxygen atoms in total. The van der Waals surface area contributed by atoms with Gasteiger partial charge in [-0.15, -0.1) is 0 Å². The number of aryl methyl sites for hydroxylation is 2. The molecule has 0 bridgehead atoms. The lowest BCUT2D eigenvalue weighted by Gasteiger charge is -2.05. The van der Waals surface area contributed by atoms with Crippen molar-refractivity contribution < 1.29 is 4.74 Å². The molecule has 0 unspecified atom stereocenters. The van der Waals surface area contributed by atoms with Crippen molar-refractivity contribution in [3.63, 3.8) is 0 Å². The highest BCUT2D eigenvalue weighted by Gasteiger charge is 1.98. The van der Waals surface area contributed by atoms with Crippen LogP contribution >= 0.6 is 0 Å². The summed E-state index contributed by atoms with van der Waals surface area (Å²) in [4.78, 5) is 0. The van der Waals surface area contributed by atoms with E-state index in [9.17, 15) is 0 Å². The number of rotatable bonds is 6. The minimum absolute atomic E-state index is 0.761. The average molecular weight is 197 g/mol. The highest BCUT2D eigenvalue weighted by Crippen LogP contribution is 2.00. The normalized spacial score (nSPS) is 10.8. The van der Waals surface area contributed by atoms with Gasteiger partial charge in [0.15, 0.2) is 0 Å². The zero-order valence-corrected chi connectivity index (χ0v) is 9.21. The van der Waals surface area contributed by atoms with E-state index >= 15 is 0 Å². The van der Waals surface area contributed by atoms with Crippen LogP contribution in [-0.2, 0) is 11.3 Å². The van der Waals surface area contributed by atoms with Crippen molar-refractivity contribution in [3.8, 4) is 0 Å². The first-order chi connectivity index (χ1) is 6.74. The smallest absolute Gasteiger partial charge is 0.0596 e. The Balaban J connectivity index is 2.21. The van der Waals surface area contributed by atoms with Crippen molar-refractivity contribution in [2.75, 3.05) is 26.8 Å². The molecule has 0 spiro atoms. The Bertz CT molecular complexity index is 270. The van der Waals surface area contributed by atoms with E-state index in [1.807, 2.05) is 11.6 Å². The maximum absolute atomic E-state index is 4.94. The predicted molar refractivity (Wildman–Crippen MR) is 56.4 cm³/mol. The number of aromatic nitrogens is 2. The van der Waals surface area contributed by atoms with Crippen LogP contribution in [0.15, 0.2) is 6.07 Å². The number of nitrogens with one attached hydrogen (secondary N) is 1. The molecule has 0 aliphatic carbocycles. The van der Waals surface area contributed by atoms with Gasteiger partial charge in [0.05, 0.1) is 18.8 Å². The summed E-state index contributed by atoms with van der Waals surface area (Å²) in [6.45, 7) is 7.61. The SMILES string of the molecule is COCCNCCn1nc(C)cc1C. The minimum atomic E-state index is 0.761. The zero-order chi connectivity index (χ0) is 10.4. The Morgan fingerprint density at radius 1 is 1.43 bits per heavy atom. The average Bonchev–Trinajstić information content (AvgIpc) is 2.45. The van der Waals surface area contributed by atoms with Gasteiger partial charge in [-0.1, -0.05) is 0 Å².